The van der Waals surface area contributed by atoms with Gasteiger partial charge in [-0.25, -0.2) is 0 Å². The van der Waals surface area contributed by atoms with Gasteiger partial charge in [0.1, 0.15) is 0 Å². The van der Waals surface area contributed by atoms with E-state index in [1.165, 1.54) is 7.11 Å². The average molecular weight is 443 g/mol. The molecule has 2 aliphatic rings. The molecule has 0 radical (unpaired) electrons. The van der Waals surface area contributed by atoms with E-state index in [1.54, 1.807) is 6.07 Å². The van der Waals surface area contributed by atoms with Crippen LogP contribution >= 0.6 is 15.9 Å². The number of aromatic hydroxyl groups is 1. The van der Waals surface area contributed by atoms with Crippen molar-refractivity contribution < 1.29 is 14.6 Å². The zero-order valence-electron chi connectivity index (χ0n) is 16.1. The quantitative estimate of drug-likeness (QED) is 0.581. The van der Waals surface area contributed by atoms with Crippen molar-refractivity contribution in [1.82, 2.24) is 0 Å². The summed E-state index contributed by atoms with van der Waals surface area (Å²) < 4.78 is 5.86. The molecule has 1 aliphatic heterocycles. The zero-order chi connectivity index (χ0) is 20.1. The van der Waals surface area contributed by atoms with Gasteiger partial charge in [-0.2, -0.15) is 0 Å². The van der Waals surface area contributed by atoms with Crippen LogP contribution < -0.4 is 15.4 Å². The van der Waals surface area contributed by atoms with Gasteiger partial charge >= 0.3 is 0 Å². The summed E-state index contributed by atoms with van der Waals surface area (Å²) >= 11 is 3.40. The first-order chi connectivity index (χ1) is 13.3. The van der Waals surface area contributed by atoms with E-state index in [4.69, 9.17) is 4.74 Å². The van der Waals surface area contributed by atoms with E-state index in [1.807, 2.05) is 30.3 Å². The molecular formula is C22H23BrN2O3. The molecule has 5 nitrogen and oxygen atoms in total. The Morgan fingerprint density at radius 1 is 1.18 bits per heavy atom. The molecule has 0 amide bonds. The lowest BCUT2D eigenvalue weighted by Crippen LogP contribution is -2.31. The number of ether oxygens (including phenoxy) is 1. The molecule has 28 heavy (non-hydrogen) atoms. The number of rotatable bonds is 2. The van der Waals surface area contributed by atoms with Crippen molar-refractivity contribution in [1.29, 1.82) is 0 Å². The highest BCUT2D eigenvalue weighted by Gasteiger charge is 2.39. The summed E-state index contributed by atoms with van der Waals surface area (Å²) in [4.78, 5) is 13.2. The lowest BCUT2D eigenvalue weighted by molar-refractivity contribution is -0.118. The number of carbonyl (C=O) groups is 1. The molecule has 2 aromatic rings. The Morgan fingerprint density at radius 2 is 1.89 bits per heavy atom. The van der Waals surface area contributed by atoms with E-state index in [0.717, 1.165) is 34.6 Å². The van der Waals surface area contributed by atoms with Gasteiger partial charge in [0, 0.05) is 17.7 Å². The number of methoxy groups -OCH3 is 1. The van der Waals surface area contributed by atoms with Gasteiger partial charge in [-0.3, -0.25) is 4.79 Å². The predicted molar refractivity (Wildman–Crippen MR) is 114 cm³/mol. The van der Waals surface area contributed by atoms with Crippen LogP contribution in [0.3, 0.4) is 0 Å². The summed E-state index contributed by atoms with van der Waals surface area (Å²) in [6.07, 6.45) is 1.29. The van der Waals surface area contributed by atoms with Gasteiger partial charge in [0.2, 0.25) is 0 Å². The van der Waals surface area contributed by atoms with Gasteiger partial charge in [0.05, 0.1) is 29.0 Å². The number of Topliss-reactive ketones (excluding diaryl/α,β-unsaturated/α-hetero) is 1. The van der Waals surface area contributed by atoms with E-state index in [9.17, 15) is 9.90 Å². The van der Waals surface area contributed by atoms with E-state index in [0.29, 0.717) is 16.6 Å². The Morgan fingerprint density at radius 3 is 2.61 bits per heavy atom. The predicted octanol–water partition coefficient (Wildman–Crippen LogP) is 5.39. The molecule has 0 aromatic heterocycles. The minimum Gasteiger partial charge on any atom is -0.503 e. The fourth-order valence-electron chi connectivity index (χ4n) is 4.06. The van der Waals surface area contributed by atoms with Crippen LogP contribution in [0, 0.1) is 5.41 Å². The molecule has 6 heteroatoms. The molecule has 146 valence electrons. The van der Waals surface area contributed by atoms with E-state index in [-0.39, 0.29) is 23.0 Å². The Hall–Kier alpha value is -2.47. The second-order valence-electron chi connectivity index (χ2n) is 8.13. The first kappa shape index (κ1) is 18.9. The van der Waals surface area contributed by atoms with Crippen molar-refractivity contribution in [2.45, 2.75) is 32.7 Å². The number of hydrogen-bond acceptors (Lipinski definition) is 5. The molecular weight excluding hydrogens is 420 g/mol. The van der Waals surface area contributed by atoms with E-state index in [2.05, 4.69) is 40.4 Å². The van der Waals surface area contributed by atoms with Gasteiger partial charge < -0.3 is 20.5 Å². The van der Waals surface area contributed by atoms with Gasteiger partial charge in [0.15, 0.2) is 17.3 Å². The summed E-state index contributed by atoms with van der Waals surface area (Å²) in [6.45, 7) is 4.24. The minimum absolute atomic E-state index is 0.0451. The van der Waals surface area contributed by atoms with Gasteiger partial charge in [-0.05, 0) is 57.6 Å². The number of benzene rings is 2. The SMILES string of the molecule is COc1cc(C2Nc3ccccc3NC3=C2C(=O)CC(C)(C)C3)cc(Br)c1O. The minimum atomic E-state index is -0.347. The summed E-state index contributed by atoms with van der Waals surface area (Å²) in [5, 5.41) is 17.2. The van der Waals surface area contributed by atoms with Crippen molar-refractivity contribution in [3.63, 3.8) is 0 Å². The molecule has 0 spiro atoms. The number of para-hydroxylation sites is 2. The van der Waals surface area contributed by atoms with Crippen LogP contribution in [-0.4, -0.2) is 18.0 Å². The molecule has 0 saturated heterocycles. The van der Waals surface area contributed by atoms with Crippen LogP contribution in [0.4, 0.5) is 11.4 Å². The Bertz CT molecular complexity index is 997. The monoisotopic (exact) mass is 442 g/mol. The van der Waals surface area contributed by atoms with Crippen LogP contribution in [0.2, 0.25) is 0 Å². The molecule has 3 N–H and O–H groups in total. The molecule has 1 heterocycles. The summed E-state index contributed by atoms with van der Waals surface area (Å²) in [5.41, 5.74) is 4.33. The largest absolute Gasteiger partial charge is 0.503 e. The van der Waals surface area contributed by atoms with Gasteiger partial charge in [-0.1, -0.05) is 26.0 Å². The molecule has 2 aromatic carbocycles. The highest BCUT2D eigenvalue weighted by Crippen LogP contribution is 2.47. The smallest absolute Gasteiger partial charge is 0.172 e. The van der Waals surface area contributed by atoms with Crippen molar-refractivity contribution in [2.24, 2.45) is 5.41 Å². The van der Waals surface area contributed by atoms with Crippen molar-refractivity contribution in [3.8, 4) is 11.5 Å². The lowest BCUT2D eigenvalue weighted by Gasteiger charge is -2.34. The highest BCUT2D eigenvalue weighted by atomic mass is 79.9. The number of halogens is 1. The van der Waals surface area contributed by atoms with Gasteiger partial charge in [0.25, 0.3) is 0 Å². The topological polar surface area (TPSA) is 70.6 Å². The maximum Gasteiger partial charge on any atom is 0.172 e. The standard InChI is InChI=1S/C22H23BrN2O3/c1-22(2)10-16-19(17(26)11-22)20(25-15-7-5-4-6-14(15)24-16)12-8-13(23)21(27)18(9-12)28-3/h4-9,20,24-25,27H,10-11H2,1-3H3. The molecule has 0 fully saturated rings. The van der Waals surface area contributed by atoms with Crippen LogP contribution in [0.1, 0.15) is 38.3 Å². The summed E-state index contributed by atoms with van der Waals surface area (Å²) in [7, 11) is 1.52. The molecule has 1 aliphatic carbocycles. The number of phenols is 1. The fourth-order valence-corrected chi connectivity index (χ4v) is 4.52. The van der Waals surface area contributed by atoms with Crippen LogP contribution in [0.5, 0.6) is 11.5 Å². The summed E-state index contributed by atoms with van der Waals surface area (Å²) in [6, 6.07) is 11.2. The number of phenolic OH excluding ortho intramolecular Hbond substituents is 1. The average Bonchev–Trinajstić information content (AvgIpc) is 2.79. The Labute approximate surface area is 172 Å². The van der Waals surface area contributed by atoms with Crippen LogP contribution in [-0.2, 0) is 4.79 Å². The molecule has 0 bridgehead atoms. The number of allylic oxidation sites excluding steroid dienone is 1. The normalized spacial score (nSPS) is 20.4. The third kappa shape index (κ3) is 3.26. The molecule has 4 rings (SSSR count). The van der Waals surface area contributed by atoms with Crippen LogP contribution in [0.15, 0.2) is 52.1 Å². The molecule has 1 atom stereocenters. The highest BCUT2D eigenvalue weighted by molar-refractivity contribution is 9.10. The zero-order valence-corrected chi connectivity index (χ0v) is 17.7. The molecule has 0 saturated carbocycles. The Balaban J connectivity index is 1.91. The van der Waals surface area contributed by atoms with E-state index < -0.39 is 0 Å². The van der Waals surface area contributed by atoms with Crippen molar-refractivity contribution in [2.75, 3.05) is 17.7 Å². The number of carbonyl (C=O) groups excluding carboxylic acids is 1. The number of ketones is 1. The third-order valence-corrected chi connectivity index (χ3v) is 5.93. The number of hydrogen-bond donors (Lipinski definition) is 3. The van der Waals surface area contributed by atoms with Crippen LogP contribution in [0.25, 0.3) is 0 Å². The van der Waals surface area contributed by atoms with E-state index >= 15 is 0 Å². The van der Waals surface area contributed by atoms with Crippen molar-refractivity contribution in [3.05, 3.63) is 57.7 Å². The number of nitrogens with one attached hydrogen (secondary N) is 2. The fraction of sp³-hybridized carbons (Fsp3) is 0.318. The first-order valence-corrected chi connectivity index (χ1v) is 10.0. The maximum absolute atomic E-state index is 13.2. The summed E-state index contributed by atoms with van der Waals surface area (Å²) in [5.74, 6) is 0.540. The Kier molecular flexibility index (Phi) is 4.62. The number of anilines is 2. The lowest BCUT2D eigenvalue weighted by atomic mass is 9.73. The van der Waals surface area contributed by atoms with Crippen molar-refractivity contribution >= 4 is 33.1 Å². The van der Waals surface area contributed by atoms with Gasteiger partial charge in [-0.15, -0.1) is 0 Å². The second kappa shape index (κ2) is 6.85. The second-order valence-corrected chi connectivity index (χ2v) is 8.99. The number of fused-ring (bicyclic) bond motifs is 1. The third-order valence-electron chi connectivity index (χ3n) is 5.33. The first-order valence-electron chi connectivity index (χ1n) is 9.24. The maximum atomic E-state index is 13.2. The molecule has 1 unspecified atom stereocenters.